The minimum Gasteiger partial charge on any atom is -0.496 e. The third kappa shape index (κ3) is 4.91. The number of nitrogens with zero attached hydrogens (tertiary/aromatic N) is 2. The number of piperidine rings is 1. The predicted octanol–water partition coefficient (Wildman–Crippen LogP) is 3.33. The molecule has 1 aliphatic heterocycles. The number of nitrogens with one attached hydrogen (secondary N) is 2. The van der Waals surface area contributed by atoms with E-state index in [2.05, 4.69) is 38.7 Å². The van der Waals surface area contributed by atoms with Gasteiger partial charge in [0.1, 0.15) is 5.75 Å². The fourth-order valence-corrected chi connectivity index (χ4v) is 4.26. The molecule has 1 heterocycles. The quantitative estimate of drug-likeness (QED) is 0.605. The van der Waals surface area contributed by atoms with Gasteiger partial charge in [0.15, 0.2) is 5.96 Å². The zero-order valence-corrected chi connectivity index (χ0v) is 16.3. The molecule has 2 aliphatic rings. The zero-order chi connectivity index (χ0) is 18.2. The Morgan fingerprint density at radius 1 is 1.15 bits per heavy atom. The van der Waals surface area contributed by atoms with E-state index in [1.165, 1.54) is 50.5 Å². The fourth-order valence-electron chi connectivity index (χ4n) is 4.26. The molecule has 2 fully saturated rings. The maximum Gasteiger partial charge on any atom is 0.191 e. The van der Waals surface area contributed by atoms with Gasteiger partial charge in [0.25, 0.3) is 0 Å². The van der Waals surface area contributed by atoms with E-state index < -0.39 is 0 Å². The molecule has 1 aromatic rings. The van der Waals surface area contributed by atoms with Gasteiger partial charge in [0.05, 0.1) is 13.2 Å². The van der Waals surface area contributed by atoms with Crippen LogP contribution in [-0.4, -0.2) is 50.7 Å². The van der Waals surface area contributed by atoms with Gasteiger partial charge in [-0.05, 0) is 44.8 Å². The number of rotatable bonds is 6. The van der Waals surface area contributed by atoms with Gasteiger partial charge in [-0.15, -0.1) is 0 Å². The summed E-state index contributed by atoms with van der Waals surface area (Å²) in [5.74, 6) is 1.90. The van der Waals surface area contributed by atoms with Crippen LogP contribution in [0.4, 0.5) is 0 Å². The molecule has 0 amide bonds. The summed E-state index contributed by atoms with van der Waals surface area (Å²) in [6.07, 6.45) is 9.05. The highest BCUT2D eigenvalue weighted by molar-refractivity contribution is 5.80. The molecule has 5 nitrogen and oxygen atoms in total. The molecule has 3 rings (SSSR count). The average molecular weight is 359 g/mol. The molecule has 2 N–H and O–H groups in total. The van der Waals surface area contributed by atoms with Crippen LogP contribution in [0.1, 0.15) is 56.6 Å². The van der Waals surface area contributed by atoms with Gasteiger partial charge in [-0.3, -0.25) is 9.89 Å². The first-order chi connectivity index (χ1) is 12.8. The number of hydrogen-bond donors (Lipinski definition) is 2. The second-order valence-electron chi connectivity index (χ2n) is 7.43. The van der Waals surface area contributed by atoms with Crippen LogP contribution in [0.5, 0.6) is 5.75 Å². The lowest BCUT2D eigenvalue weighted by molar-refractivity contribution is 0.161. The second kappa shape index (κ2) is 9.81. The van der Waals surface area contributed by atoms with Crippen molar-refractivity contribution in [1.29, 1.82) is 0 Å². The maximum atomic E-state index is 5.66. The van der Waals surface area contributed by atoms with Crippen LogP contribution in [0.2, 0.25) is 0 Å². The van der Waals surface area contributed by atoms with E-state index in [4.69, 9.17) is 4.74 Å². The molecule has 1 saturated heterocycles. The van der Waals surface area contributed by atoms with E-state index in [0.717, 1.165) is 31.3 Å². The van der Waals surface area contributed by atoms with Gasteiger partial charge in [-0.25, -0.2) is 0 Å². The molecule has 0 bridgehead atoms. The molecule has 26 heavy (non-hydrogen) atoms. The van der Waals surface area contributed by atoms with Crippen molar-refractivity contribution in [3.63, 3.8) is 0 Å². The van der Waals surface area contributed by atoms with E-state index in [-0.39, 0.29) is 0 Å². The van der Waals surface area contributed by atoms with Crippen molar-refractivity contribution < 1.29 is 4.74 Å². The fraction of sp³-hybridized carbons (Fsp3) is 0.667. The smallest absolute Gasteiger partial charge is 0.191 e. The molecule has 5 heteroatoms. The Morgan fingerprint density at radius 2 is 1.88 bits per heavy atom. The highest BCUT2D eigenvalue weighted by atomic mass is 16.5. The third-order valence-corrected chi connectivity index (χ3v) is 5.71. The molecule has 1 aliphatic carbocycles. The molecular weight excluding hydrogens is 324 g/mol. The first-order valence-corrected chi connectivity index (χ1v) is 10.2. The van der Waals surface area contributed by atoms with Crippen molar-refractivity contribution in [1.82, 2.24) is 15.5 Å². The third-order valence-electron chi connectivity index (χ3n) is 5.71. The van der Waals surface area contributed by atoms with Crippen LogP contribution in [0.3, 0.4) is 0 Å². The summed E-state index contributed by atoms with van der Waals surface area (Å²) in [4.78, 5) is 7.04. The lowest BCUT2D eigenvalue weighted by atomic mass is 10.0. The molecule has 1 aromatic carbocycles. The summed E-state index contributed by atoms with van der Waals surface area (Å²) in [5, 5.41) is 7.18. The predicted molar refractivity (Wildman–Crippen MR) is 108 cm³/mol. The van der Waals surface area contributed by atoms with Crippen molar-refractivity contribution >= 4 is 5.96 Å². The Bertz CT molecular complexity index is 577. The normalized spacial score (nSPS) is 20.8. The minimum absolute atomic E-state index is 0.300. The van der Waals surface area contributed by atoms with E-state index >= 15 is 0 Å². The first kappa shape index (κ1) is 19.0. The number of benzene rings is 1. The molecule has 0 radical (unpaired) electrons. The number of ether oxygens (including phenoxy) is 1. The number of likely N-dealkylation sites (tertiary alicyclic amines) is 1. The Balaban J connectivity index is 1.70. The minimum atomic E-state index is 0.300. The van der Waals surface area contributed by atoms with Crippen molar-refractivity contribution in [2.45, 2.75) is 57.0 Å². The van der Waals surface area contributed by atoms with Gasteiger partial charge < -0.3 is 15.4 Å². The van der Waals surface area contributed by atoms with Crippen molar-refractivity contribution in [3.8, 4) is 5.75 Å². The Labute approximate surface area is 158 Å². The van der Waals surface area contributed by atoms with Crippen LogP contribution in [0, 0.1) is 0 Å². The highest BCUT2D eigenvalue weighted by Crippen LogP contribution is 2.30. The van der Waals surface area contributed by atoms with E-state index in [0.29, 0.717) is 12.1 Å². The van der Waals surface area contributed by atoms with Gasteiger partial charge in [0.2, 0.25) is 0 Å². The number of para-hydroxylation sites is 1. The number of methoxy groups -OCH3 is 1. The summed E-state index contributed by atoms with van der Waals surface area (Å²) < 4.78 is 5.66. The lowest BCUT2D eigenvalue weighted by Gasteiger charge is -2.36. The maximum absolute atomic E-state index is 5.66. The van der Waals surface area contributed by atoms with Gasteiger partial charge in [-0.1, -0.05) is 37.5 Å². The summed E-state index contributed by atoms with van der Waals surface area (Å²) in [6, 6.07) is 9.30. The Hall–Kier alpha value is -1.75. The largest absolute Gasteiger partial charge is 0.496 e. The monoisotopic (exact) mass is 358 g/mol. The van der Waals surface area contributed by atoms with E-state index in [1.807, 2.05) is 13.1 Å². The van der Waals surface area contributed by atoms with Gasteiger partial charge in [-0.2, -0.15) is 0 Å². The summed E-state index contributed by atoms with van der Waals surface area (Å²) >= 11 is 0. The van der Waals surface area contributed by atoms with Crippen LogP contribution in [0.15, 0.2) is 29.3 Å². The standard InChI is InChI=1S/C21H34N4O/c1-22-21(24-17-10-4-5-11-17)23-16-19(25-14-8-3-9-15-25)18-12-6-7-13-20(18)26-2/h6-7,12-13,17,19H,3-5,8-11,14-16H2,1-2H3,(H2,22,23,24). The zero-order valence-electron chi connectivity index (χ0n) is 16.3. The van der Waals surface area contributed by atoms with E-state index in [1.54, 1.807) is 7.11 Å². The topological polar surface area (TPSA) is 48.9 Å². The summed E-state index contributed by atoms with van der Waals surface area (Å²) in [5.41, 5.74) is 1.26. The Morgan fingerprint density at radius 3 is 2.58 bits per heavy atom. The second-order valence-corrected chi connectivity index (χ2v) is 7.43. The SMILES string of the molecule is CN=C(NCC(c1ccccc1OC)N1CCCCC1)NC1CCCC1. The lowest BCUT2D eigenvalue weighted by Crippen LogP contribution is -2.46. The van der Waals surface area contributed by atoms with Crippen molar-refractivity contribution in [3.05, 3.63) is 29.8 Å². The van der Waals surface area contributed by atoms with Crippen LogP contribution < -0.4 is 15.4 Å². The van der Waals surface area contributed by atoms with E-state index in [9.17, 15) is 0 Å². The van der Waals surface area contributed by atoms with Crippen LogP contribution in [0.25, 0.3) is 0 Å². The first-order valence-electron chi connectivity index (χ1n) is 10.2. The summed E-state index contributed by atoms with van der Waals surface area (Å²) in [7, 11) is 3.63. The summed E-state index contributed by atoms with van der Waals surface area (Å²) in [6.45, 7) is 3.14. The number of guanidine groups is 1. The highest BCUT2D eigenvalue weighted by Gasteiger charge is 2.25. The van der Waals surface area contributed by atoms with Gasteiger partial charge in [0, 0.05) is 25.2 Å². The molecule has 1 unspecified atom stereocenters. The number of aliphatic imine (C=N–C) groups is 1. The van der Waals surface area contributed by atoms with Gasteiger partial charge >= 0.3 is 0 Å². The van der Waals surface area contributed by atoms with Crippen molar-refractivity contribution in [2.24, 2.45) is 4.99 Å². The Kier molecular flexibility index (Phi) is 7.18. The molecule has 1 saturated carbocycles. The average Bonchev–Trinajstić information content (AvgIpc) is 3.21. The molecular formula is C21H34N4O. The van der Waals surface area contributed by atoms with Crippen molar-refractivity contribution in [2.75, 3.05) is 33.8 Å². The molecule has 0 spiro atoms. The molecule has 144 valence electrons. The number of hydrogen-bond acceptors (Lipinski definition) is 3. The molecule has 1 atom stereocenters. The van der Waals surface area contributed by atoms with Crippen LogP contribution >= 0.6 is 0 Å². The van der Waals surface area contributed by atoms with Crippen LogP contribution in [-0.2, 0) is 0 Å². The molecule has 0 aromatic heterocycles.